The molecule has 2 aliphatic heterocycles. The van der Waals surface area contributed by atoms with Gasteiger partial charge in [-0.1, -0.05) is 48.9 Å². The van der Waals surface area contributed by atoms with Crippen molar-refractivity contribution in [2.75, 3.05) is 13.6 Å². The summed E-state index contributed by atoms with van der Waals surface area (Å²) in [6.07, 6.45) is 7.01. The van der Waals surface area contributed by atoms with Crippen molar-refractivity contribution in [1.82, 2.24) is 25.3 Å². The maximum Gasteiger partial charge on any atom is 0.274 e. The second kappa shape index (κ2) is 10.7. The predicted octanol–water partition coefficient (Wildman–Crippen LogP) is 4.88. The van der Waals surface area contributed by atoms with Crippen LogP contribution in [0.2, 0.25) is 0 Å². The maximum absolute atomic E-state index is 13.6. The van der Waals surface area contributed by atoms with E-state index in [9.17, 15) is 9.18 Å². The standard InChI is InChI=1S/C28H34FN5O/c1-33(16-9-14-23-19-24(32-31-23)21-12-8-13-22(29)18-21)28(35)26-25-15-6-3-7-17-34(25)27(30-26)20-10-4-2-5-11-20/h2,4-5,8,10-13,18,23-24,31-32H,3,6-7,9,14-17,19H2,1H3. The van der Waals surface area contributed by atoms with Gasteiger partial charge in [0, 0.05) is 37.8 Å². The second-order valence-electron chi connectivity index (χ2n) is 9.76. The SMILES string of the molecule is CN(CCCC1CC(c2cccc(F)c2)NN1)C(=O)c1nc(-c2ccccc2)n2c1CCCCC2. The van der Waals surface area contributed by atoms with Gasteiger partial charge in [-0.3, -0.25) is 15.6 Å². The average Bonchev–Trinajstić information content (AvgIpc) is 3.41. The number of hydrazine groups is 1. The number of imidazole rings is 1. The molecule has 2 aromatic carbocycles. The molecule has 0 saturated carbocycles. The van der Waals surface area contributed by atoms with Crippen molar-refractivity contribution in [2.24, 2.45) is 0 Å². The third kappa shape index (κ3) is 5.31. The number of hydrogen-bond donors (Lipinski definition) is 2. The Hall–Kier alpha value is -3.03. The molecule has 2 unspecified atom stereocenters. The minimum absolute atomic E-state index is 0.00738. The molecule has 3 heterocycles. The highest BCUT2D eigenvalue weighted by Gasteiger charge is 2.27. The van der Waals surface area contributed by atoms with E-state index in [1.807, 2.05) is 36.2 Å². The third-order valence-electron chi connectivity index (χ3n) is 7.23. The van der Waals surface area contributed by atoms with Crippen LogP contribution in [0.15, 0.2) is 54.6 Å². The number of hydrogen-bond acceptors (Lipinski definition) is 4. The van der Waals surface area contributed by atoms with Crippen LogP contribution < -0.4 is 10.9 Å². The highest BCUT2D eigenvalue weighted by atomic mass is 19.1. The van der Waals surface area contributed by atoms with Gasteiger partial charge in [0.25, 0.3) is 5.91 Å². The van der Waals surface area contributed by atoms with Gasteiger partial charge in [-0.15, -0.1) is 0 Å². The molecule has 2 N–H and O–H groups in total. The van der Waals surface area contributed by atoms with Crippen molar-refractivity contribution in [3.8, 4) is 11.4 Å². The Labute approximate surface area is 206 Å². The highest BCUT2D eigenvalue weighted by molar-refractivity contribution is 5.94. The smallest absolute Gasteiger partial charge is 0.274 e. The molecule has 1 amide bonds. The lowest BCUT2D eigenvalue weighted by molar-refractivity contribution is 0.0785. The Kier molecular flexibility index (Phi) is 7.25. The van der Waals surface area contributed by atoms with E-state index in [0.29, 0.717) is 18.3 Å². The highest BCUT2D eigenvalue weighted by Crippen LogP contribution is 2.28. The summed E-state index contributed by atoms with van der Waals surface area (Å²) < 4.78 is 15.8. The summed E-state index contributed by atoms with van der Waals surface area (Å²) in [7, 11) is 1.88. The minimum Gasteiger partial charge on any atom is -0.340 e. The van der Waals surface area contributed by atoms with Crippen molar-refractivity contribution in [3.63, 3.8) is 0 Å². The molecule has 0 spiro atoms. The zero-order chi connectivity index (χ0) is 24.2. The van der Waals surface area contributed by atoms with E-state index in [0.717, 1.165) is 67.7 Å². The summed E-state index contributed by atoms with van der Waals surface area (Å²) in [6, 6.07) is 17.3. The monoisotopic (exact) mass is 475 g/mol. The van der Waals surface area contributed by atoms with E-state index >= 15 is 0 Å². The quantitative estimate of drug-likeness (QED) is 0.512. The van der Waals surface area contributed by atoms with Crippen molar-refractivity contribution in [1.29, 1.82) is 0 Å². The Morgan fingerprint density at radius 2 is 1.97 bits per heavy atom. The molecule has 1 saturated heterocycles. The molecule has 1 aromatic heterocycles. The van der Waals surface area contributed by atoms with E-state index < -0.39 is 0 Å². The number of carbonyl (C=O) groups excluding carboxylic acids is 1. The molecule has 2 atom stereocenters. The van der Waals surface area contributed by atoms with Crippen LogP contribution in [0.4, 0.5) is 4.39 Å². The lowest BCUT2D eigenvalue weighted by atomic mass is 9.99. The van der Waals surface area contributed by atoms with Gasteiger partial charge >= 0.3 is 0 Å². The van der Waals surface area contributed by atoms with Gasteiger partial charge in [0.05, 0.1) is 5.69 Å². The molecule has 0 aliphatic carbocycles. The van der Waals surface area contributed by atoms with Gasteiger partial charge < -0.3 is 9.47 Å². The molecule has 2 aliphatic rings. The van der Waals surface area contributed by atoms with Crippen LogP contribution in [0.3, 0.4) is 0 Å². The molecule has 6 nitrogen and oxygen atoms in total. The van der Waals surface area contributed by atoms with E-state index in [1.165, 1.54) is 12.5 Å². The lowest BCUT2D eigenvalue weighted by Crippen LogP contribution is -2.33. The first-order valence-electron chi connectivity index (χ1n) is 12.8. The van der Waals surface area contributed by atoms with Crippen molar-refractivity contribution < 1.29 is 9.18 Å². The molecule has 1 fully saturated rings. The van der Waals surface area contributed by atoms with E-state index in [1.54, 1.807) is 12.1 Å². The van der Waals surface area contributed by atoms with Gasteiger partial charge in [-0.25, -0.2) is 9.37 Å². The molecule has 3 aromatic rings. The summed E-state index contributed by atoms with van der Waals surface area (Å²) >= 11 is 0. The normalized spacial score (nSPS) is 19.8. The van der Waals surface area contributed by atoms with Gasteiger partial charge in [0.1, 0.15) is 17.3 Å². The van der Waals surface area contributed by atoms with E-state index in [2.05, 4.69) is 27.6 Å². The largest absolute Gasteiger partial charge is 0.340 e. The molecule has 0 bridgehead atoms. The first kappa shape index (κ1) is 23.7. The van der Waals surface area contributed by atoms with Crippen LogP contribution in [0.5, 0.6) is 0 Å². The van der Waals surface area contributed by atoms with Crippen LogP contribution in [0.25, 0.3) is 11.4 Å². The average molecular weight is 476 g/mol. The van der Waals surface area contributed by atoms with Crippen LogP contribution in [0, 0.1) is 5.82 Å². The fraction of sp³-hybridized carbons (Fsp3) is 0.429. The van der Waals surface area contributed by atoms with Gasteiger partial charge in [-0.2, -0.15) is 0 Å². The Bertz CT molecular complexity index is 1160. The Morgan fingerprint density at radius 3 is 2.80 bits per heavy atom. The molecular formula is C28H34FN5O. The molecule has 35 heavy (non-hydrogen) atoms. The van der Waals surface area contributed by atoms with Crippen LogP contribution in [-0.4, -0.2) is 40.0 Å². The van der Waals surface area contributed by atoms with Crippen LogP contribution >= 0.6 is 0 Å². The Balaban J connectivity index is 1.21. The number of fused-ring (bicyclic) bond motifs is 1. The predicted molar refractivity (Wildman–Crippen MR) is 135 cm³/mol. The summed E-state index contributed by atoms with van der Waals surface area (Å²) in [4.78, 5) is 20.2. The first-order valence-corrected chi connectivity index (χ1v) is 12.8. The number of amides is 1. The summed E-state index contributed by atoms with van der Waals surface area (Å²) in [6.45, 7) is 1.59. The molecule has 184 valence electrons. The fourth-order valence-electron chi connectivity index (χ4n) is 5.31. The number of benzene rings is 2. The molecule has 7 heteroatoms. The zero-order valence-corrected chi connectivity index (χ0v) is 20.3. The van der Waals surface area contributed by atoms with Crippen molar-refractivity contribution >= 4 is 5.91 Å². The number of nitrogens with zero attached hydrogens (tertiary/aromatic N) is 3. The lowest BCUT2D eigenvalue weighted by Gasteiger charge is -2.18. The molecular weight excluding hydrogens is 441 g/mol. The number of nitrogens with one attached hydrogen (secondary N) is 2. The van der Waals surface area contributed by atoms with E-state index in [4.69, 9.17) is 4.98 Å². The maximum atomic E-state index is 13.6. The first-order chi connectivity index (χ1) is 17.1. The van der Waals surface area contributed by atoms with Gasteiger partial charge in [0.15, 0.2) is 0 Å². The van der Waals surface area contributed by atoms with Gasteiger partial charge in [-0.05, 0) is 56.2 Å². The Morgan fingerprint density at radius 1 is 1.11 bits per heavy atom. The topological polar surface area (TPSA) is 62.2 Å². The van der Waals surface area contributed by atoms with E-state index in [-0.39, 0.29) is 17.8 Å². The van der Waals surface area contributed by atoms with Crippen molar-refractivity contribution in [3.05, 3.63) is 77.4 Å². The third-order valence-corrected chi connectivity index (χ3v) is 7.23. The number of carbonyl (C=O) groups is 1. The summed E-state index contributed by atoms with van der Waals surface area (Å²) in [5, 5.41) is 0. The fourth-order valence-corrected chi connectivity index (χ4v) is 5.31. The number of halogens is 1. The second-order valence-corrected chi connectivity index (χ2v) is 9.76. The van der Waals surface area contributed by atoms with Crippen LogP contribution in [0.1, 0.15) is 66.3 Å². The zero-order valence-electron chi connectivity index (χ0n) is 20.3. The number of rotatable bonds is 7. The van der Waals surface area contributed by atoms with Crippen molar-refractivity contribution in [2.45, 2.75) is 63.6 Å². The van der Waals surface area contributed by atoms with Crippen LogP contribution in [-0.2, 0) is 13.0 Å². The minimum atomic E-state index is -0.208. The summed E-state index contributed by atoms with van der Waals surface area (Å²) in [5.41, 5.74) is 10.3. The van der Waals surface area contributed by atoms with Gasteiger partial charge in [0.2, 0.25) is 0 Å². The molecule has 0 radical (unpaired) electrons. The number of aromatic nitrogens is 2. The summed E-state index contributed by atoms with van der Waals surface area (Å²) in [5.74, 6) is 0.706. The molecule has 5 rings (SSSR count).